The van der Waals surface area contributed by atoms with Crippen LogP contribution in [0.25, 0.3) is 0 Å². The first-order valence-electron chi connectivity index (χ1n) is 4.28. The van der Waals surface area contributed by atoms with Crippen LogP contribution < -0.4 is 5.32 Å². The maximum atomic E-state index is 11.8. The number of rotatable bonds is 5. The Morgan fingerprint density at radius 3 is 2.40 bits per heavy atom. The molecule has 0 rings (SSSR count). The Kier molecular flexibility index (Phi) is 5.27. The summed E-state index contributed by atoms with van der Waals surface area (Å²) in [5, 5.41) is 10.7. The number of nitrogens with one attached hydrogen (secondary N) is 1. The lowest BCUT2D eigenvalue weighted by atomic mass is 10.1. The molecule has 0 aliphatic heterocycles. The van der Waals surface area contributed by atoms with E-state index in [2.05, 4.69) is 0 Å². The average molecular weight is 227 g/mol. The normalized spacial score (nSPS) is 15.5. The third-order valence-corrected chi connectivity index (χ3v) is 1.75. The predicted molar refractivity (Wildman–Crippen MR) is 45.0 cm³/mol. The minimum absolute atomic E-state index is 0.0201. The van der Waals surface area contributed by atoms with E-state index in [4.69, 9.17) is 5.11 Å². The maximum Gasteiger partial charge on any atom is 0.471 e. The van der Waals surface area contributed by atoms with Gasteiger partial charge < -0.3 is 15.2 Å². The molecule has 0 aliphatic rings. The van der Waals surface area contributed by atoms with Crippen LogP contribution in [-0.4, -0.2) is 35.6 Å². The summed E-state index contributed by atoms with van der Waals surface area (Å²) in [4.78, 5) is 20.5. The molecule has 0 saturated carbocycles. The Hall–Kier alpha value is -1.11. The number of aliphatic hydroxyl groups is 1. The first-order valence-corrected chi connectivity index (χ1v) is 4.28. The van der Waals surface area contributed by atoms with E-state index < -0.39 is 24.2 Å². The Morgan fingerprint density at radius 1 is 1.53 bits per heavy atom. The molecule has 88 valence electrons. The second kappa shape index (κ2) is 5.69. The number of aldehydes is 1. The maximum absolute atomic E-state index is 11.8. The Bertz CT molecular complexity index is 228. The number of amides is 1. The summed E-state index contributed by atoms with van der Waals surface area (Å²) in [6.45, 7) is 1.24. The fourth-order valence-electron chi connectivity index (χ4n) is 0.932. The van der Waals surface area contributed by atoms with Crippen LogP contribution >= 0.6 is 0 Å². The van der Waals surface area contributed by atoms with E-state index in [9.17, 15) is 22.8 Å². The van der Waals surface area contributed by atoms with Gasteiger partial charge in [0.1, 0.15) is 6.29 Å². The summed E-state index contributed by atoms with van der Waals surface area (Å²) >= 11 is 0. The number of carbonyl (C=O) groups excluding carboxylic acids is 2. The molecule has 0 aromatic heterocycles. The van der Waals surface area contributed by atoms with Crippen molar-refractivity contribution in [2.24, 2.45) is 0 Å². The summed E-state index contributed by atoms with van der Waals surface area (Å²) in [5.41, 5.74) is 0. The Morgan fingerprint density at radius 2 is 2.07 bits per heavy atom. The molecule has 2 atom stereocenters. The summed E-state index contributed by atoms with van der Waals surface area (Å²) < 4.78 is 35.5. The van der Waals surface area contributed by atoms with E-state index in [0.29, 0.717) is 6.29 Å². The first-order chi connectivity index (χ1) is 6.79. The number of carbonyl (C=O) groups is 2. The number of hydrogen-bond donors (Lipinski definition) is 2. The molecule has 2 N–H and O–H groups in total. The van der Waals surface area contributed by atoms with Crippen molar-refractivity contribution in [2.45, 2.75) is 38.1 Å². The standard InChI is InChI=1S/C8H12F3NO3/c1-5(14)6(3-2-4-13)12-7(15)8(9,10)11/h4-6,14H,2-3H2,1H3,(H,12,15)/t5-,6-/m0/s1. The van der Waals surface area contributed by atoms with Crippen molar-refractivity contribution in [3.63, 3.8) is 0 Å². The third kappa shape index (κ3) is 5.36. The molecule has 0 unspecified atom stereocenters. The fourth-order valence-corrected chi connectivity index (χ4v) is 0.932. The average Bonchev–Trinajstić information content (AvgIpc) is 2.09. The van der Waals surface area contributed by atoms with Gasteiger partial charge in [-0.15, -0.1) is 0 Å². The molecule has 0 aliphatic carbocycles. The van der Waals surface area contributed by atoms with Crippen LogP contribution in [0.1, 0.15) is 19.8 Å². The van der Waals surface area contributed by atoms with Crippen LogP contribution in [-0.2, 0) is 9.59 Å². The molecule has 0 heterocycles. The van der Waals surface area contributed by atoms with Crippen molar-refractivity contribution in [3.8, 4) is 0 Å². The molecule has 0 fully saturated rings. The monoisotopic (exact) mass is 227 g/mol. The van der Waals surface area contributed by atoms with Crippen molar-refractivity contribution in [2.75, 3.05) is 0 Å². The number of alkyl halides is 3. The van der Waals surface area contributed by atoms with Gasteiger partial charge >= 0.3 is 12.1 Å². The molecule has 0 aromatic rings. The largest absolute Gasteiger partial charge is 0.471 e. The molecule has 4 nitrogen and oxygen atoms in total. The lowest BCUT2D eigenvalue weighted by Crippen LogP contribution is -2.47. The third-order valence-electron chi connectivity index (χ3n) is 1.75. The highest BCUT2D eigenvalue weighted by Gasteiger charge is 2.40. The van der Waals surface area contributed by atoms with Crippen molar-refractivity contribution >= 4 is 12.2 Å². The summed E-state index contributed by atoms with van der Waals surface area (Å²) in [7, 11) is 0. The van der Waals surface area contributed by atoms with Crippen LogP contribution in [0.3, 0.4) is 0 Å². The number of hydrogen-bond acceptors (Lipinski definition) is 3. The van der Waals surface area contributed by atoms with E-state index in [0.717, 1.165) is 0 Å². The second-order valence-electron chi connectivity index (χ2n) is 3.06. The summed E-state index contributed by atoms with van der Waals surface area (Å²) in [6, 6.07) is -1.07. The quantitative estimate of drug-likeness (QED) is 0.668. The molecule has 1 amide bonds. The van der Waals surface area contributed by atoms with Crippen LogP contribution in [0.2, 0.25) is 0 Å². The van der Waals surface area contributed by atoms with Gasteiger partial charge in [-0.25, -0.2) is 0 Å². The first kappa shape index (κ1) is 13.9. The molecule has 7 heteroatoms. The molecule has 15 heavy (non-hydrogen) atoms. The molecule has 0 spiro atoms. The van der Waals surface area contributed by atoms with Crippen molar-refractivity contribution in [1.29, 1.82) is 0 Å². The van der Waals surface area contributed by atoms with Gasteiger partial charge in [0.05, 0.1) is 12.1 Å². The zero-order valence-corrected chi connectivity index (χ0v) is 8.04. The van der Waals surface area contributed by atoms with Crippen LogP contribution in [0.4, 0.5) is 13.2 Å². The molecule has 0 aromatic carbocycles. The highest BCUT2D eigenvalue weighted by atomic mass is 19.4. The van der Waals surface area contributed by atoms with Gasteiger partial charge in [0.25, 0.3) is 0 Å². The molecular formula is C8H12F3NO3. The lowest BCUT2D eigenvalue weighted by Gasteiger charge is -2.21. The van der Waals surface area contributed by atoms with E-state index in [1.807, 2.05) is 0 Å². The van der Waals surface area contributed by atoms with Crippen LogP contribution in [0, 0.1) is 0 Å². The SMILES string of the molecule is C[C@H](O)[C@H](CCC=O)NC(=O)C(F)(F)F. The van der Waals surface area contributed by atoms with Gasteiger partial charge in [-0.3, -0.25) is 4.79 Å². The van der Waals surface area contributed by atoms with Gasteiger partial charge in [-0.05, 0) is 13.3 Å². The molecule has 0 saturated heterocycles. The van der Waals surface area contributed by atoms with Gasteiger partial charge in [-0.1, -0.05) is 0 Å². The smallest absolute Gasteiger partial charge is 0.391 e. The Labute approximate surface area is 84.5 Å². The molecule has 0 bridgehead atoms. The van der Waals surface area contributed by atoms with Gasteiger partial charge in [-0.2, -0.15) is 13.2 Å². The van der Waals surface area contributed by atoms with Crippen molar-refractivity contribution in [3.05, 3.63) is 0 Å². The fraction of sp³-hybridized carbons (Fsp3) is 0.750. The van der Waals surface area contributed by atoms with Crippen LogP contribution in [0.15, 0.2) is 0 Å². The van der Waals surface area contributed by atoms with Gasteiger partial charge in [0, 0.05) is 6.42 Å². The summed E-state index contributed by atoms with van der Waals surface area (Å²) in [5.74, 6) is -2.11. The van der Waals surface area contributed by atoms with E-state index >= 15 is 0 Å². The van der Waals surface area contributed by atoms with E-state index in [1.54, 1.807) is 5.32 Å². The van der Waals surface area contributed by atoms with Crippen molar-refractivity contribution < 1.29 is 27.9 Å². The van der Waals surface area contributed by atoms with Crippen LogP contribution in [0.5, 0.6) is 0 Å². The predicted octanol–water partition coefficient (Wildman–Crippen LogP) is 0.393. The lowest BCUT2D eigenvalue weighted by molar-refractivity contribution is -0.175. The highest BCUT2D eigenvalue weighted by Crippen LogP contribution is 2.15. The minimum atomic E-state index is -4.98. The number of halogens is 3. The Balaban J connectivity index is 4.28. The van der Waals surface area contributed by atoms with Gasteiger partial charge in [0.15, 0.2) is 0 Å². The van der Waals surface area contributed by atoms with Gasteiger partial charge in [0.2, 0.25) is 0 Å². The van der Waals surface area contributed by atoms with E-state index in [1.165, 1.54) is 6.92 Å². The molecule has 0 radical (unpaired) electrons. The zero-order chi connectivity index (χ0) is 12.1. The minimum Gasteiger partial charge on any atom is -0.391 e. The zero-order valence-electron chi connectivity index (χ0n) is 8.04. The number of aliphatic hydroxyl groups excluding tert-OH is 1. The highest BCUT2D eigenvalue weighted by molar-refractivity contribution is 5.82. The van der Waals surface area contributed by atoms with Crippen molar-refractivity contribution in [1.82, 2.24) is 5.32 Å². The molecular weight excluding hydrogens is 215 g/mol. The summed E-state index contributed by atoms with van der Waals surface area (Å²) in [6.07, 6.45) is -5.66. The topological polar surface area (TPSA) is 66.4 Å². The van der Waals surface area contributed by atoms with E-state index in [-0.39, 0.29) is 12.8 Å². The second-order valence-corrected chi connectivity index (χ2v) is 3.06.